The normalized spacial score (nSPS) is 10.9. The van der Waals surface area contributed by atoms with Crippen molar-refractivity contribution in [2.75, 3.05) is 12.4 Å². The summed E-state index contributed by atoms with van der Waals surface area (Å²) >= 11 is 6.02. The van der Waals surface area contributed by atoms with E-state index in [1.165, 1.54) is 7.11 Å². The third-order valence-corrected chi connectivity index (χ3v) is 4.08. The molecule has 0 unspecified atom stereocenters. The second kappa shape index (κ2) is 9.25. The molecule has 1 amide bonds. The fourth-order valence-corrected chi connectivity index (χ4v) is 2.70. The van der Waals surface area contributed by atoms with Crippen LogP contribution in [0.2, 0.25) is 5.02 Å². The highest BCUT2D eigenvalue weighted by molar-refractivity contribution is 6.31. The third kappa shape index (κ3) is 5.23. The number of aromatic hydroxyl groups is 1. The van der Waals surface area contributed by atoms with Crippen molar-refractivity contribution in [1.82, 2.24) is 0 Å². The Balaban J connectivity index is 2.20. The van der Waals surface area contributed by atoms with Gasteiger partial charge in [0.05, 0.1) is 18.5 Å². The Kier molecular flexibility index (Phi) is 7.04. The van der Waals surface area contributed by atoms with Crippen LogP contribution in [0.1, 0.15) is 37.3 Å². The van der Waals surface area contributed by atoms with Gasteiger partial charge in [0.2, 0.25) is 5.91 Å². The molecule has 0 fully saturated rings. The number of ether oxygens (including phenoxy) is 1. The van der Waals surface area contributed by atoms with Crippen molar-refractivity contribution >= 4 is 35.1 Å². The second-order valence-electron chi connectivity index (χ2n) is 5.96. The van der Waals surface area contributed by atoms with Gasteiger partial charge in [-0.15, -0.1) is 0 Å². The van der Waals surface area contributed by atoms with E-state index in [1.54, 1.807) is 43.5 Å². The number of hydrogen-bond acceptors (Lipinski definition) is 4. The highest BCUT2D eigenvalue weighted by atomic mass is 35.5. The zero-order valence-electron chi connectivity index (χ0n) is 15.2. The maximum Gasteiger partial charge on any atom is 0.224 e. The first-order valence-electron chi connectivity index (χ1n) is 8.45. The van der Waals surface area contributed by atoms with E-state index in [2.05, 4.69) is 10.3 Å². The number of hydrogen-bond donors (Lipinski definition) is 2. The van der Waals surface area contributed by atoms with Crippen molar-refractivity contribution in [3.8, 4) is 11.5 Å². The quantitative estimate of drug-likeness (QED) is 0.651. The van der Waals surface area contributed by atoms with Crippen molar-refractivity contribution in [3.63, 3.8) is 0 Å². The van der Waals surface area contributed by atoms with Gasteiger partial charge in [-0.2, -0.15) is 0 Å². The summed E-state index contributed by atoms with van der Waals surface area (Å²) in [7, 11) is 1.54. The molecule has 2 aromatic carbocycles. The van der Waals surface area contributed by atoms with Crippen LogP contribution in [0.5, 0.6) is 11.5 Å². The van der Waals surface area contributed by atoms with Gasteiger partial charge in [-0.3, -0.25) is 9.79 Å². The number of carbonyl (C=O) groups excluding carboxylic acids is 1. The average molecular weight is 375 g/mol. The second-order valence-corrected chi connectivity index (χ2v) is 6.39. The Morgan fingerprint density at radius 3 is 2.81 bits per heavy atom. The summed E-state index contributed by atoms with van der Waals surface area (Å²) in [5.74, 6) is 0.627. The number of phenolic OH excluding ortho intramolecular Hbond substituents is 1. The van der Waals surface area contributed by atoms with E-state index in [0.717, 1.165) is 12.8 Å². The van der Waals surface area contributed by atoms with Gasteiger partial charge < -0.3 is 15.2 Å². The van der Waals surface area contributed by atoms with Gasteiger partial charge in [-0.25, -0.2) is 0 Å². The van der Waals surface area contributed by atoms with Crippen LogP contribution in [0.15, 0.2) is 35.3 Å². The average Bonchev–Trinajstić information content (AvgIpc) is 2.62. The lowest BCUT2D eigenvalue weighted by molar-refractivity contribution is -0.116. The predicted molar refractivity (Wildman–Crippen MR) is 106 cm³/mol. The van der Waals surface area contributed by atoms with E-state index in [-0.39, 0.29) is 11.7 Å². The molecular formula is C20H23ClN2O3. The van der Waals surface area contributed by atoms with Crippen LogP contribution in [0, 0.1) is 6.92 Å². The van der Waals surface area contributed by atoms with Gasteiger partial charge in [-0.1, -0.05) is 24.9 Å². The molecule has 0 aliphatic carbocycles. The first-order chi connectivity index (χ1) is 12.4. The summed E-state index contributed by atoms with van der Waals surface area (Å²) in [6, 6.07) is 8.57. The largest absolute Gasteiger partial charge is 0.507 e. The number of carbonyl (C=O) groups is 1. The topological polar surface area (TPSA) is 70.9 Å². The molecule has 2 N–H and O–H groups in total. The summed E-state index contributed by atoms with van der Waals surface area (Å²) in [5, 5.41) is 13.5. The van der Waals surface area contributed by atoms with E-state index in [0.29, 0.717) is 39.7 Å². The van der Waals surface area contributed by atoms with Crippen molar-refractivity contribution in [2.45, 2.75) is 33.1 Å². The third-order valence-electron chi connectivity index (χ3n) is 3.86. The predicted octanol–water partition coefficient (Wildman–Crippen LogP) is 5.24. The zero-order valence-corrected chi connectivity index (χ0v) is 15.9. The van der Waals surface area contributed by atoms with Gasteiger partial charge in [0.1, 0.15) is 11.5 Å². The molecule has 0 heterocycles. The molecule has 0 saturated carbocycles. The molecule has 138 valence electrons. The molecule has 2 aromatic rings. The van der Waals surface area contributed by atoms with Gasteiger partial charge in [0.25, 0.3) is 0 Å². The molecule has 0 bridgehead atoms. The lowest BCUT2D eigenvalue weighted by Crippen LogP contribution is -2.11. The van der Waals surface area contributed by atoms with E-state index in [1.807, 2.05) is 6.92 Å². The molecule has 6 heteroatoms. The van der Waals surface area contributed by atoms with E-state index in [9.17, 15) is 9.90 Å². The molecule has 0 aliphatic heterocycles. The van der Waals surface area contributed by atoms with Gasteiger partial charge in [0, 0.05) is 29.3 Å². The molecular weight excluding hydrogens is 352 g/mol. The summed E-state index contributed by atoms with van der Waals surface area (Å²) in [5.41, 5.74) is 2.45. The van der Waals surface area contributed by atoms with E-state index < -0.39 is 0 Å². The number of anilines is 1. The first-order valence-corrected chi connectivity index (χ1v) is 8.83. The Morgan fingerprint density at radius 1 is 1.35 bits per heavy atom. The highest BCUT2D eigenvalue weighted by Gasteiger charge is 2.09. The molecule has 0 aliphatic rings. The molecule has 26 heavy (non-hydrogen) atoms. The number of amides is 1. The smallest absolute Gasteiger partial charge is 0.224 e. The van der Waals surface area contributed by atoms with Crippen molar-refractivity contribution in [1.29, 1.82) is 0 Å². The molecule has 0 spiro atoms. The molecule has 5 nitrogen and oxygen atoms in total. The molecule has 2 rings (SSSR count). The lowest BCUT2D eigenvalue weighted by Gasteiger charge is -2.10. The number of nitrogens with zero attached hydrogens (tertiary/aromatic N) is 1. The van der Waals surface area contributed by atoms with Gasteiger partial charge in [-0.05, 0) is 43.2 Å². The summed E-state index contributed by atoms with van der Waals surface area (Å²) in [4.78, 5) is 16.3. The van der Waals surface area contributed by atoms with Crippen LogP contribution in [0.4, 0.5) is 11.4 Å². The molecule has 0 atom stereocenters. The minimum absolute atomic E-state index is 0.0410. The fraction of sp³-hybridized carbons (Fsp3) is 0.300. The Hall–Kier alpha value is -2.53. The Bertz CT molecular complexity index is 819. The van der Waals surface area contributed by atoms with Gasteiger partial charge >= 0.3 is 0 Å². The van der Waals surface area contributed by atoms with Crippen molar-refractivity contribution < 1.29 is 14.6 Å². The fourth-order valence-electron chi connectivity index (χ4n) is 2.42. The van der Waals surface area contributed by atoms with Crippen LogP contribution >= 0.6 is 11.6 Å². The number of rotatable bonds is 7. The SMILES string of the molecule is CCCCC(=O)Nc1ccc(N=Cc2cc(Cl)cc(C)c2O)cc1OC. The molecule has 0 aromatic heterocycles. The van der Waals surface area contributed by atoms with Gasteiger partial charge in [0.15, 0.2) is 0 Å². The molecule has 0 radical (unpaired) electrons. The van der Waals surface area contributed by atoms with E-state index in [4.69, 9.17) is 16.3 Å². The standard InChI is InChI=1S/C20H23ClN2O3/c1-4-5-6-19(24)23-17-8-7-16(11-18(17)26-3)22-12-14-10-15(21)9-13(2)20(14)25/h7-12,25H,4-6H2,1-3H3,(H,23,24). The number of halogens is 1. The Labute approximate surface area is 158 Å². The monoisotopic (exact) mass is 374 g/mol. The van der Waals surface area contributed by atoms with E-state index >= 15 is 0 Å². The van der Waals surface area contributed by atoms with Crippen LogP contribution in [-0.4, -0.2) is 24.3 Å². The number of benzene rings is 2. The van der Waals surface area contributed by atoms with Crippen LogP contribution in [0.25, 0.3) is 0 Å². The lowest BCUT2D eigenvalue weighted by atomic mass is 10.1. The Morgan fingerprint density at radius 2 is 2.12 bits per heavy atom. The number of aliphatic imine (C=N–C) groups is 1. The minimum atomic E-state index is -0.0410. The number of aryl methyl sites for hydroxylation is 1. The number of methoxy groups -OCH3 is 1. The maximum absolute atomic E-state index is 11.9. The first kappa shape index (κ1) is 19.8. The zero-order chi connectivity index (χ0) is 19.1. The highest BCUT2D eigenvalue weighted by Crippen LogP contribution is 2.30. The number of phenols is 1. The van der Waals surface area contributed by atoms with Crippen LogP contribution in [-0.2, 0) is 4.79 Å². The minimum Gasteiger partial charge on any atom is -0.507 e. The van der Waals surface area contributed by atoms with Crippen LogP contribution < -0.4 is 10.1 Å². The summed E-state index contributed by atoms with van der Waals surface area (Å²) in [6.45, 7) is 3.82. The summed E-state index contributed by atoms with van der Waals surface area (Å²) < 4.78 is 5.35. The number of unbranched alkanes of at least 4 members (excludes halogenated alkanes) is 1. The maximum atomic E-state index is 11.9. The van der Waals surface area contributed by atoms with Crippen molar-refractivity contribution in [3.05, 3.63) is 46.5 Å². The summed E-state index contributed by atoms with van der Waals surface area (Å²) in [6.07, 6.45) is 3.84. The number of nitrogens with one attached hydrogen (secondary N) is 1. The molecule has 0 saturated heterocycles. The van der Waals surface area contributed by atoms with Crippen LogP contribution in [0.3, 0.4) is 0 Å². The van der Waals surface area contributed by atoms with Crippen molar-refractivity contribution in [2.24, 2.45) is 4.99 Å².